The number of halogens is 3. The van der Waals surface area contributed by atoms with Gasteiger partial charge >= 0.3 is 0 Å². The molecule has 2 aromatic carbocycles. The molecule has 0 radical (unpaired) electrons. The molecule has 22 heavy (non-hydrogen) atoms. The van der Waals surface area contributed by atoms with Crippen molar-refractivity contribution < 1.29 is 0 Å². The van der Waals surface area contributed by atoms with Crippen LogP contribution in [0.15, 0.2) is 47.6 Å². The number of hydrogen-bond acceptors (Lipinski definition) is 2. The van der Waals surface area contributed by atoms with E-state index in [0.29, 0.717) is 26.7 Å². The Labute approximate surface area is 149 Å². The summed E-state index contributed by atoms with van der Waals surface area (Å²) in [6, 6.07) is 12.8. The van der Waals surface area contributed by atoms with E-state index in [9.17, 15) is 0 Å². The molecular formula is C15H12Cl3N3S. The van der Waals surface area contributed by atoms with Crippen LogP contribution in [-0.4, -0.2) is 11.3 Å². The van der Waals surface area contributed by atoms with Gasteiger partial charge in [-0.25, -0.2) is 0 Å². The summed E-state index contributed by atoms with van der Waals surface area (Å²) in [5, 5.41) is 9.19. The highest BCUT2D eigenvalue weighted by atomic mass is 35.5. The number of nitrogens with zero attached hydrogens (tertiary/aromatic N) is 1. The summed E-state index contributed by atoms with van der Waals surface area (Å²) in [6.07, 6.45) is 1.61. The first-order valence-corrected chi connectivity index (χ1v) is 7.85. The van der Waals surface area contributed by atoms with Gasteiger partial charge in [0.15, 0.2) is 5.11 Å². The van der Waals surface area contributed by atoms with Crippen molar-refractivity contribution in [1.29, 1.82) is 0 Å². The second kappa shape index (κ2) is 8.34. The van der Waals surface area contributed by atoms with Crippen molar-refractivity contribution in [3.8, 4) is 0 Å². The van der Waals surface area contributed by atoms with Crippen molar-refractivity contribution in [2.45, 2.75) is 6.54 Å². The molecule has 0 spiro atoms. The average Bonchev–Trinajstić information content (AvgIpc) is 2.50. The molecule has 3 nitrogen and oxygen atoms in total. The predicted octanol–water partition coefficient (Wildman–Crippen LogP) is 4.65. The first kappa shape index (κ1) is 17.0. The Hall–Kier alpha value is -1.33. The van der Waals surface area contributed by atoms with Gasteiger partial charge in [0.1, 0.15) is 0 Å². The minimum Gasteiger partial charge on any atom is -0.357 e. The first-order valence-electron chi connectivity index (χ1n) is 6.31. The molecule has 7 heteroatoms. The highest BCUT2D eigenvalue weighted by Crippen LogP contribution is 2.21. The molecule has 2 rings (SSSR count). The fourth-order valence-electron chi connectivity index (χ4n) is 1.58. The fourth-order valence-corrected chi connectivity index (χ4v) is 2.14. The van der Waals surface area contributed by atoms with Gasteiger partial charge in [-0.1, -0.05) is 53.0 Å². The lowest BCUT2D eigenvalue weighted by Crippen LogP contribution is -2.31. The minimum atomic E-state index is 0.422. The average molecular weight is 373 g/mol. The van der Waals surface area contributed by atoms with Crippen molar-refractivity contribution >= 4 is 58.3 Å². The van der Waals surface area contributed by atoms with Crippen molar-refractivity contribution in [2.75, 3.05) is 0 Å². The van der Waals surface area contributed by atoms with Gasteiger partial charge in [0, 0.05) is 11.6 Å². The smallest absolute Gasteiger partial charge is 0.187 e. The molecule has 114 valence electrons. The highest BCUT2D eigenvalue weighted by molar-refractivity contribution is 7.80. The van der Waals surface area contributed by atoms with Crippen LogP contribution in [-0.2, 0) is 6.54 Å². The molecule has 0 fully saturated rings. The second-order valence-corrected chi connectivity index (χ2v) is 6.01. The molecule has 0 amide bonds. The maximum absolute atomic E-state index is 5.92. The summed E-state index contributed by atoms with van der Waals surface area (Å²) < 4.78 is 0. The third kappa shape index (κ3) is 5.46. The predicted molar refractivity (Wildman–Crippen MR) is 98.1 cm³/mol. The van der Waals surface area contributed by atoms with Crippen LogP contribution in [0.5, 0.6) is 0 Å². The fraction of sp³-hybridized carbons (Fsp3) is 0.0667. The molecule has 2 N–H and O–H groups in total. The number of rotatable bonds is 4. The van der Waals surface area contributed by atoms with Crippen LogP contribution in [0.4, 0.5) is 0 Å². The second-order valence-electron chi connectivity index (χ2n) is 4.35. The van der Waals surface area contributed by atoms with Crippen LogP contribution in [0.1, 0.15) is 11.1 Å². The normalized spacial score (nSPS) is 10.7. The van der Waals surface area contributed by atoms with Crippen LogP contribution in [0.3, 0.4) is 0 Å². The molecule has 0 bridgehead atoms. The third-order valence-corrected chi connectivity index (χ3v) is 3.92. The number of thiocarbonyl (C=S) groups is 1. The lowest BCUT2D eigenvalue weighted by molar-refractivity contribution is 0.869. The zero-order valence-corrected chi connectivity index (χ0v) is 14.4. The van der Waals surface area contributed by atoms with E-state index in [0.717, 1.165) is 11.1 Å². The van der Waals surface area contributed by atoms with Crippen molar-refractivity contribution in [2.24, 2.45) is 5.10 Å². The standard InChI is InChI=1S/C15H12Cl3N3S/c16-12-4-1-10(2-5-12)8-19-15(22)21-20-9-11-3-6-13(17)14(18)7-11/h1-7,9H,8H2,(H2,19,21,22)/b20-9+. The number of hydrazone groups is 1. The molecule has 0 unspecified atom stereocenters. The first-order chi connectivity index (χ1) is 10.5. The van der Waals surface area contributed by atoms with Gasteiger partial charge in [0.05, 0.1) is 16.3 Å². The van der Waals surface area contributed by atoms with E-state index in [-0.39, 0.29) is 0 Å². The SMILES string of the molecule is S=C(NCc1ccc(Cl)cc1)N/N=C/c1ccc(Cl)c(Cl)c1. The highest BCUT2D eigenvalue weighted by Gasteiger charge is 1.98. The molecule has 2 aromatic rings. The minimum absolute atomic E-state index is 0.422. The zero-order chi connectivity index (χ0) is 15.9. The summed E-state index contributed by atoms with van der Waals surface area (Å²) in [5.74, 6) is 0. The summed E-state index contributed by atoms with van der Waals surface area (Å²) in [7, 11) is 0. The van der Waals surface area contributed by atoms with Crippen LogP contribution >= 0.6 is 47.0 Å². The molecule has 0 saturated heterocycles. The Balaban J connectivity index is 1.80. The van der Waals surface area contributed by atoms with Crippen LogP contribution in [0, 0.1) is 0 Å². The molecule has 0 saturated carbocycles. The Morgan fingerprint density at radius 2 is 1.77 bits per heavy atom. The maximum atomic E-state index is 5.92. The Morgan fingerprint density at radius 3 is 2.45 bits per heavy atom. The molecule has 0 aliphatic carbocycles. The van der Waals surface area contributed by atoms with Crippen LogP contribution in [0.25, 0.3) is 0 Å². The van der Waals surface area contributed by atoms with Crippen LogP contribution in [0.2, 0.25) is 15.1 Å². The third-order valence-electron chi connectivity index (χ3n) is 2.69. The van der Waals surface area contributed by atoms with Gasteiger partial charge in [0.2, 0.25) is 0 Å². The lowest BCUT2D eigenvalue weighted by Gasteiger charge is -2.07. The summed E-state index contributed by atoms with van der Waals surface area (Å²) in [4.78, 5) is 0. The van der Waals surface area contributed by atoms with Crippen molar-refractivity contribution in [3.05, 3.63) is 68.7 Å². The number of hydrogen-bond donors (Lipinski definition) is 2. The van der Waals surface area contributed by atoms with Gasteiger partial charge in [0.25, 0.3) is 0 Å². The summed E-state index contributed by atoms with van der Waals surface area (Å²) in [6.45, 7) is 0.589. The topological polar surface area (TPSA) is 36.4 Å². The lowest BCUT2D eigenvalue weighted by atomic mass is 10.2. The van der Waals surface area contributed by atoms with Gasteiger partial charge in [-0.2, -0.15) is 5.10 Å². The number of benzene rings is 2. The van der Waals surface area contributed by atoms with Gasteiger partial charge in [-0.3, -0.25) is 5.43 Å². The van der Waals surface area contributed by atoms with Crippen molar-refractivity contribution in [3.63, 3.8) is 0 Å². The summed E-state index contributed by atoms with van der Waals surface area (Å²) >= 11 is 22.7. The van der Waals surface area contributed by atoms with Crippen LogP contribution < -0.4 is 10.7 Å². The molecule has 0 atom stereocenters. The van der Waals surface area contributed by atoms with Crippen molar-refractivity contribution in [1.82, 2.24) is 10.7 Å². The van der Waals surface area contributed by atoms with E-state index in [4.69, 9.17) is 47.0 Å². The van der Waals surface area contributed by atoms with E-state index in [1.165, 1.54) is 0 Å². The van der Waals surface area contributed by atoms with E-state index < -0.39 is 0 Å². The van der Waals surface area contributed by atoms with E-state index in [1.807, 2.05) is 30.3 Å². The molecule has 0 aliphatic rings. The Kier molecular flexibility index (Phi) is 6.46. The molecule has 0 aromatic heterocycles. The number of nitrogens with one attached hydrogen (secondary N) is 2. The Bertz CT molecular complexity index is 687. The monoisotopic (exact) mass is 371 g/mol. The molecular weight excluding hydrogens is 361 g/mol. The Morgan fingerprint density at radius 1 is 1.05 bits per heavy atom. The zero-order valence-electron chi connectivity index (χ0n) is 11.3. The maximum Gasteiger partial charge on any atom is 0.187 e. The largest absolute Gasteiger partial charge is 0.357 e. The molecule has 0 aliphatic heterocycles. The summed E-state index contributed by atoms with van der Waals surface area (Å²) in [5.41, 5.74) is 4.63. The van der Waals surface area contributed by atoms with Gasteiger partial charge in [-0.15, -0.1) is 0 Å². The van der Waals surface area contributed by atoms with E-state index >= 15 is 0 Å². The molecule has 0 heterocycles. The van der Waals surface area contributed by atoms with E-state index in [1.54, 1.807) is 18.3 Å². The van der Waals surface area contributed by atoms with Gasteiger partial charge in [-0.05, 0) is 47.6 Å². The van der Waals surface area contributed by atoms with Gasteiger partial charge < -0.3 is 5.32 Å². The van der Waals surface area contributed by atoms with E-state index in [2.05, 4.69) is 15.8 Å². The quantitative estimate of drug-likeness (QED) is 0.466.